The van der Waals surface area contributed by atoms with E-state index in [1.807, 2.05) is 55.1 Å². The van der Waals surface area contributed by atoms with E-state index in [0.717, 1.165) is 28.6 Å². The number of nitrogens with zero attached hydrogens (tertiary/aromatic N) is 4. The van der Waals surface area contributed by atoms with E-state index < -0.39 is 0 Å². The fraction of sp³-hybridized carbons (Fsp3) is 0.346. The summed E-state index contributed by atoms with van der Waals surface area (Å²) in [6.45, 7) is 8.64. The Kier molecular flexibility index (Phi) is 6.86. The quantitative estimate of drug-likeness (QED) is 0.521. The predicted molar refractivity (Wildman–Crippen MR) is 130 cm³/mol. The first-order valence-corrected chi connectivity index (χ1v) is 11.4. The number of aryl methyl sites for hydroxylation is 1. The van der Waals surface area contributed by atoms with E-state index in [-0.39, 0.29) is 11.9 Å². The van der Waals surface area contributed by atoms with Crippen LogP contribution in [0.15, 0.2) is 48.7 Å². The van der Waals surface area contributed by atoms with Gasteiger partial charge in [-0.2, -0.15) is 0 Å². The molecule has 1 saturated heterocycles. The molecule has 4 rings (SSSR count). The summed E-state index contributed by atoms with van der Waals surface area (Å²) in [4.78, 5) is 33.6. The van der Waals surface area contributed by atoms with Crippen LogP contribution in [-0.2, 0) is 4.74 Å². The average Bonchev–Trinajstić information content (AvgIpc) is 3.17. The summed E-state index contributed by atoms with van der Waals surface area (Å²) < 4.78 is 12.5. The molecule has 1 aromatic carbocycles. The zero-order valence-corrected chi connectivity index (χ0v) is 20.1. The summed E-state index contributed by atoms with van der Waals surface area (Å²) in [5, 5.41) is 0. The van der Waals surface area contributed by atoms with Gasteiger partial charge in [-0.05, 0) is 51.1 Å². The highest BCUT2D eigenvalue weighted by Gasteiger charge is 2.26. The number of pyridine rings is 1. The van der Waals surface area contributed by atoms with Crippen LogP contribution in [0.3, 0.4) is 0 Å². The lowest BCUT2D eigenvalue weighted by Gasteiger charge is -2.35. The molecule has 0 radical (unpaired) electrons. The lowest BCUT2D eigenvalue weighted by molar-refractivity contribution is 0.0525. The van der Waals surface area contributed by atoms with Crippen LogP contribution >= 0.6 is 0 Å². The molecular weight excluding hydrogens is 432 g/mol. The van der Waals surface area contributed by atoms with Crippen molar-refractivity contribution < 1.29 is 19.1 Å². The van der Waals surface area contributed by atoms with Crippen molar-refractivity contribution in [3.8, 4) is 11.4 Å². The smallest absolute Gasteiger partial charge is 0.339 e. The Labute approximate surface area is 199 Å². The van der Waals surface area contributed by atoms with Gasteiger partial charge in [0.2, 0.25) is 0 Å². The zero-order chi connectivity index (χ0) is 24.2. The Balaban J connectivity index is 1.44. The summed E-state index contributed by atoms with van der Waals surface area (Å²) in [5.41, 5.74) is 4.03. The molecule has 8 heteroatoms. The van der Waals surface area contributed by atoms with E-state index in [1.165, 1.54) is 6.20 Å². The van der Waals surface area contributed by atoms with E-state index in [4.69, 9.17) is 9.47 Å². The number of methoxy groups -OCH3 is 1. The standard InChI is InChI=1S/C26H30N4O4/c1-5-34-26(32)20-9-10-24(27-17-20)28-11-13-29(14-12-28)25(31)23-15-18(2)30(19(23)3)21-7-6-8-22(16-21)33-4/h6-10,15-17H,5,11-14H2,1-4H3. The largest absolute Gasteiger partial charge is 0.497 e. The maximum Gasteiger partial charge on any atom is 0.339 e. The molecule has 2 aromatic heterocycles. The Bertz CT molecular complexity index is 1180. The van der Waals surface area contributed by atoms with Gasteiger partial charge in [0.15, 0.2) is 0 Å². The number of carbonyl (C=O) groups is 2. The molecule has 3 heterocycles. The highest BCUT2D eigenvalue weighted by atomic mass is 16.5. The third kappa shape index (κ3) is 4.62. The number of hydrogen-bond acceptors (Lipinski definition) is 6. The van der Waals surface area contributed by atoms with Crippen molar-refractivity contribution >= 4 is 17.7 Å². The molecule has 3 aromatic rings. The second-order valence-electron chi connectivity index (χ2n) is 8.23. The van der Waals surface area contributed by atoms with Gasteiger partial charge in [-0.3, -0.25) is 4.79 Å². The molecule has 1 amide bonds. The number of piperazine rings is 1. The maximum absolute atomic E-state index is 13.4. The molecule has 0 N–H and O–H groups in total. The number of anilines is 1. The summed E-state index contributed by atoms with van der Waals surface area (Å²) in [5.74, 6) is 1.23. The van der Waals surface area contributed by atoms with Crippen LogP contribution < -0.4 is 9.64 Å². The third-order valence-corrected chi connectivity index (χ3v) is 6.12. The number of amides is 1. The summed E-state index contributed by atoms with van der Waals surface area (Å²) >= 11 is 0. The first-order valence-electron chi connectivity index (χ1n) is 11.4. The van der Waals surface area contributed by atoms with Crippen LogP contribution in [-0.4, -0.2) is 66.2 Å². The van der Waals surface area contributed by atoms with Gasteiger partial charge in [-0.25, -0.2) is 9.78 Å². The molecule has 34 heavy (non-hydrogen) atoms. The number of rotatable bonds is 6. The van der Waals surface area contributed by atoms with Crippen molar-refractivity contribution in [2.75, 3.05) is 44.8 Å². The molecule has 1 aliphatic rings. The van der Waals surface area contributed by atoms with Crippen molar-refractivity contribution in [1.29, 1.82) is 0 Å². The monoisotopic (exact) mass is 462 g/mol. The molecule has 0 saturated carbocycles. The van der Waals surface area contributed by atoms with Crippen molar-refractivity contribution in [2.45, 2.75) is 20.8 Å². The molecular formula is C26H30N4O4. The molecule has 1 aliphatic heterocycles. The van der Waals surface area contributed by atoms with Gasteiger partial charge in [0.1, 0.15) is 11.6 Å². The van der Waals surface area contributed by atoms with Gasteiger partial charge in [-0.15, -0.1) is 0 Å². The fourth-order valence-corrected chi connectivity index (χ4v) is 4.34. The van der Waals surface area contributed by atoms with Gasteiger partial charge in [-0.1, -0.05) is 6.07 Å². The second kappa shape index (κ2) is 9.99. The topological polar surface area (TPSA) is 76.9 Å². The molecule has 178 valence electrons. The van der Waals surface area contributed by atoms with Gasteiger partial charge in [0.25, 0.3) is 5.91 Å². The average molecular weight is 463 g/mol. The van der Waals surface area contributed by atoms with Crippen LogP contribution in [0.5, 0.6) is 5.75 Å². The Morgan fingerprint density at radius 2 is 1.79 bits per heavy atom. The number of carbonyl (C=O) groups excluding carboxylic acids is 2. The van der Waals surface area contributed by atoms with Crippen LogP contribution in [0.1, 0.15) is 39.0 Å². The fourth-order valence-electron chi connectivity index (χ4n) is 4.34. The minimum absolute atomic E-state index is 0.0347. The minimum Gasteiger partial charge on any atom is -0.497 e. The minimum atomic E-state index is -0.372. The highest BCUT2D eigenvalue weighted by molar-refractivity contribution is 5.96. The van der Waals surface area contributed by atoms with Crippen molar-refractivity contribution in [1.82, 2.24) is 14.5 Å². The molecule has 8 nitrogen and oxygen atoms in total. The molecule has 1 fully saturated rings. The van der Waals surface area contributed by atoms with Crippen LogP contribution in [0.2, 0.25) is 0 Å². The zero-order valence-electron chi connectivity index (χ0n) is 20.1. The van der Waals surface area contributed by atoms with Gasteiger partial charge in [0, 0.05) is 55.5 Å². The number of ether oxygens (including phenoxy) is 2. The van der Waals surface area contributed by atoms with E-state index in [2.05, 4.69) is 14.5 Å². The van der Waals surface area contributed by atoms with Crippen molar-refractivity contribution in [3.63, 3.8) is 0 Å². The van der Waals surface area contributed by atoms with Crippen molar-refractivity contribution in [2.24, 2.45) is 0 Å². The third-order valence-electron chi connectivity index (χ3n) is 6.12. The van der Waals surface area contributed by atoms with Crippen LogP contribution in [0.4, 0.5) is 5.82 Å². The number of hydrogen-bond donors (Lipinski definition) is 0. The summed E-state index contributed by atoms with van der Waals surface area (Å²) in [6.07, 6.45) is 1.54. The number of esters is 1. The SMILES string of the molecule is CCOC(=O)c1ccc(N2CCN(C(=O)c3cc(C)n(-c4cccc(OC)c4)c3C)CC2)nc1. The Morgan fingerprint density at radius 3 is 2.44 bits per heavy atom. The van der Waals surface area contributed by atoms with Crippen LogP contribution in [0, 0.1) is 13.8 Å². The molecule has 0 aliphatic carbocycles. The van der Waals surface area contributed by atoms with Crippen LogP contribution in [0.25, 0.3) is 5.69 Å². The lowest BCUT2D eigenvalue weighted by Crippen LogP contribution is -2.49. The lowest BCUT2D eigenvalue weighted by atomic mass is 10.2. The number of aromatic nitrogens is 2. The Morgan fingerprint density at radius 1 is 1.03 bits per heavy atom. The number of benzene rings is 1. The van der Waals surface area contributed by atoms with E-state index in [9.17, 15) is 9.59 Å². The second-order valence-corrected chi connectivity index (χ2v) is 8.23. The van der Waals surface area contributed by atoms with Gasteiger partial charge >= 0.3 is 5.97 Å². The highest BCUT2D eigenvalue weighted by Crippen LogP contribution is 2.25. The molecule has 0 bridgehead atoms. The van der Waals surface area contributed by atoms with Gasteiger partial charge in [0.05, 0.1) is 24.8 Å². The predicted octanol–water partition coefficient (Wildman–Crippen LogP) is 3.64. The van der Waals surface area contributed by atoms with Crippen molar-refractivity contribution in [3.05, 3.63) is 71.2 Å². The summed E-state index contributed by atoms with van der Waals surface area (Å²) in [7, 11) is 1.65. The summed E-state index contributed by atoms with van der Waals surface area (Å²) in [6, 6.07) is 13.3. The van der Waals surface area contributed by atoms with E-state index in [1.54, 1.807) is 20.1 Å². The molecule has 0 unspecified atom stereocenters. The van der Waals surface area contributed by atoms with E-state index in [0.29, 0.717) is 43.9 Å². The first-order chi connectivity index (χ1) is 16.4. The van der Waals surface area contributed by atoms with E-state index >= 15 is 0 Å². The molecule has 0 atom stereocenters. The normalized spacial score (nSPS) is 13.6. The Hall–Kier alpha value is -3.81. The maximum atomic E-state index is 13.4. The molecule has 0 spiro atoms. The first kappa shape index (κ1) is 23.4. The van der Waals surface area contributed by atoms with Gasteiger partial charge < -0.3 is 23.8 Å².